The van der Waals surface area contributed by atoms with Crippen LogP contribution < -0.4 is 11.0 Å². The molecule has 3 rings (SSSR count). The average molecular weight is 272 g/mol. The second-order valence-corrected chi connectivity index (χ2v) is 4.41. The van der Waals surface area contributed by atoms with Gasteiger partial charge in [-0.05, 0) is 19.1 Å². The highest BCUT2D eigenvalue weighted by molar-refractivity contribution is 5.90. The number of carbonyl (C=O) groups is 1. The first-order valence-corrected chi connectivity index (χ1v) is 6.07. The summed E-state index contributed by atoms with van der Waals surface area (Å²) in [7, 11) is 0. The number of carbonyl (C=O) groups excluding carboxylic acids is 1. The molecule has 102 valence electrons. The van der Waals surface area contributed by atoms with E-state index in [1.165, 1.54) is 0 Å². The van der Waals surface area contributed by atoms with Gasteiger partial charge in [0.2, 0.25) is 5.82 Å². The minimum Gasteiger partial charge on any atom is -0.459 e. The van der Waals surface area contributed by atoms with Crippen molar-refractivity contribution in [3.05, 3.63) is 52.4 Å². The number of benzene rings is 1. The topological polar surface area (TPSA) is 104 Å². The van der Waals surface area contributed by atoms with Crippen LogP contribution in [0.25, 0.3) is 11.0 Å². The third kappa shape index (κ3) is 2.20. The molecular formula is C13H12N4O3. The van der Waals surface area contributed by atoms with Gasteiger partial charge in [0.1, 0.15) is 11.3 Å². The summed E-state index contributed by atoms with van der Waals surface area (Å²) in [6.45, 7) is 1.79. The Morgan fingerprint density at radius 1 is 1.40 bits per heavy atom. The minimum absolute atomic E-state index is 0.0574. The van der Waals surface area contributed by atoms with Gasteiger partial charge in [0.05, 0.1) is 6.04 Å². The van der Waals surface area contributed by atoms with Gasteiger partial charge in [-0.25, -0.2) is 9.89 Å². The van der Waals surface area contributed by atoms with Gasteiger partial charge in [-0.15, -0.1) is 5.10 Å². The molecule has 0 unspecified atom stereocenters. The van der Waals surface area contributed by atoms with Crippen molar-refractivity contribution in [2.24, 2.45) is 0 Å². The Balaban J connectivity index is 1.80. The average Bonchev–Trinajstić information content (AvgIpc) is 3.04. The molecule has 0 fully saturated rings. The number of nitrogens with zero attached hydrogens (tertiary/aromatic N) is 1. The molecule has 0 aliphatic heterocycles. The molecule has 0 saturated carbocycles. The van der Waals surface area contributed by atoms with Crippen molar-refractivity contribution in [2.45, 2.75) is 13.0 Å². The Morgan fingerprint density at radius 3 is 2.90 bits per heavy atom. The SMILES string of the molecule is C[C@H](NC(=O)c1n[nH]c(=O)[nH]1)c1cc2ccccc2o1. The summed E-state index contributed by atoms with van der Waals surface area (Å²) >= 11 is 0. The van der Waals surface area contributed by atoms with Crippen LogP contribution in [-0.4, -0.2) is 21.1 Å². The standard InChI is InChI=1S/C13H12N4O3/c1-7(14-12(18)11-15-13(19)17-16-11)10-6-8-4-2-3-5-9(8)20-10/h2-7H,1H3,(H,14,18)(H2,15,16,17,19)/t7-/m0/s1. The van der Waals surface area contributed by atoms with Gasteiger partial charge >= 0.3 is 5.69 Å². The zero-order valence-electron chi connectivity index (χ0n) is 10.6. The van der Waals surface area contributed by atoms with Crippen LogP contribution >= 0.6 is 0 Å². The quantitative estimate of drug-likeness (QED) is 0.669. The van der Waals surface area contributed by atoms with Crippen molar-refractivity contribution >= 4 is 16.9 Å². The van der Waals surface area contributed by atoms with E-state index in [1.807, 2.05) is 30.3 Å². The van der Waals surface area contributed by atoms with Gasteiger partial charge in [-0.1, -0.05) is 18.2 Å². The first-order valence-electron chi connectivity index (χ1n) is 6.07. The molecule has 20 heavy (non-hydrogen) atoms. The molecule has 1 atom stereocenters. The zero-order chi connectivity index (χ0) is 14.1. The van der Waals surface area contributed by atoms with Crippen LogP contribution in [0.5, 0.6) is 0 Å². The lowest BCUT2D eigenvalue weighted by Crippen LogP contribution is -2.27. The van der Waals surface area contributed by atoms with Crippen LogP contribution in [0.1, 0.15) is 29.3 Å². The van der Waals surface area contributed by atoms with E-state index in [4.69, 9.17) is 4.42 Å². The van der Waals surface area contributed by atoms with Crippen LogP contribution in [0.4, 0.5) is 0 Å². The minimum atomic E-state index is -0.522. The third-order valence-electron chi connectivity index (χ3n) is 2.94. The number of furan rings is 1. The lowest BCUT2D eigenvalue weighted by atomic mass is 10.2. The van der Waals surface area contributed by atoms with Crippen molar-refractivity contribution in [2.75, 3.05) is 0 Å². The van der Waals surface area contributed by atoms with Gasteiger partial charge in [0.15, 0.2) is 0 Å². The number of H-pyrrole nitrogens is 2. The number of aromatic nitrogens is 3. The maximum Gasteiger partial charge on any atom is 0.341 e. The van der Waals surface area contributed by atoms with Gasteiger partial charge in [0, 0.05) is 5.39 Å². The summed E-state index contributed by atoms with van der Waals surface area (Å²) in [5.41, 5.74) is 0.239. The molecule has 2 heterocycles. The normalized spacial score (nSPS) is 12.4. The maximum absolute atomic E-state index is 11.9. The molecule has 0 aliphatic carbocycles. The van der Waals surface area contributed by atoms with Crippen LogP contribution in [0.3, 0.4) is 0 Å². The largest absolute Gasteiger partial charge is 0.459 e. The van der Waals surface area contributed by atoms with E-state index in [9.17, 15) is 9.59 Å². The van der Waals surface area contributed by atoms with Gasteiger partial charge < -0.3 is 9.73 Å². The third-order valence-corrected chi connectivity index (χ3v) is 2.94. The highest BCUT2D eigenvalue weighted by atomic mass is 16.3. The highest BCUT2D eigenvalue weighted by Crippen LogP contribution is 2.23. The molecule has 0 bridgehead atoms. The lowest BCUT2D eigenvalue weighted by Gasteiger charge is -2.09. The predicted octanol–water partition coefficient (Wildman–Crippen LogP) is 1.34. The zero-order valence-corrected chi connectivity index (χ0v) is 10.6. The van der Waals surface area contributed by atoms with Gasteiger partial charge in [0.25, 0.3) is 5.91 Å². The molecule has 2 aromatic heterocycles. The summed E-state index contributed by atoms with van der Waals surface area (Å²) in [4.78, 5) is 25.0. The van der Waals surface area contributed by atoms with E-state index in [-0.39, 0.29) is 11.9 Å². The molecule has 0 spiro atoms. The Hall–Kier alpha value is -2.83. The van der Waals surface area contributed by atoms with Crippen LogP contribution in [0.15, 0.2) is 39.5 Å². The molecule has 7 nitrogen and oxygen atoms in total. The number of nitrogens with one attached hydrogen (secondary N) is 3. The summed E-state index contributed by atoms with van der Waals surface area (Å²) in [6.07, 6.45) is 0. The van der Waals surface area contributed by atoms with Crippen LogP contribution in [0.2, 0.25) is 0 Å². The van der Waals surface area contributed by atoms with Crippen LogP contribution in [-0.2, 0) is 0 Å². The van der Waals surface area contributed by atoms with Gasteiger partial charge in [-0.2, -0.15) is 0 Å². The number of hydrogen-bond acceptors (Lipinski definition) is 4. The monoisotopic (exact) mass is 272 g/mol. The number of amides is 1. The fourth-order valence-corrected chi connectivity index (χ4v) is 1.93. The second kappa shape index (κ2) is 4.69. The summed E-state index contributed by atoms with van der Waals surface area (Å²) in [5, 5.41) is 9.38. The highest BCUT2D eigenvalue weighted by Gasteiger charge is 2.17. The number of fused-ring (bicyclic) bond motifs is 1. The smallest absolute Gasteiger partial charge is 0.341 e. The molecular weight excluding hydrogens is 260 g/mol. The first kappa shape index (κ1) is 12.2. The van der Waals surface area contributed by atoms with E-state index < -0.39 is 11.6 Å². The molecule has 0 radical (unpaired) electrons. The van der Waals surface area contributed by atoms with Gasteiger partial charge in [-0.3, -0.25) is 9.78 Å². The number of aromatic amines is 2. The predicted molar refractivity (Wildman–Crippen MR) is 71.3 cm³/mol. The number of para-hydroxylation sites is 1. The summed E-state index contributed by atoms with van der Waals surface area (Å²) in [6, 6.07) is 9.12. The Morgan fingerprint density at radius 2 is 2.20 bits per heavy atom. The van der Waals surface area contributed by atoms with E-state index >= 15 is 0 Å². The fourth-order valence-electron chi connectivity index (χ4n) is 1.93. The summed E-state index contributed by atoms with van der Waals surface area (Å²) in [5.74, 6) is 0.103. The molecule has 3 aromatic rings. The number of hydrogen-bond donors (Lipinski definition) is 3. The summed E-state index contributed by atoms with van der Waals surface area (Å²) < 4.78 is 5.66. The maximum atomic E-state index is 11.9. The first-order chi connectivity index (χ1) is 9.63. The fraction of sp³-hybridized carbons (Fsp3) is 0.154. The van der Waals surface area contributed by atoms with E-state index in [1.54, 1.807) is 6.92 Å². The molecule has 0 aliphatic rings. The lowest BCUT2D eigenvalue weighted by molar-refractivity contribution is 0.0925. The van der Waals surface area contributed by atoms with Crippen molar-refractivity contribution in [1.82, 2.24) is 20.5 Å². The van der Waals surface area contributed by atoms with Crippen molar-refractivity contribution in [3.63, 3.8) is 0 Å². The van der Waals surface area contributed by atoms with Crippen molar-refractivity contribution in [3.8, 4) is 0 Å². The molecule has 1 aromatic carbocycles. The molecule has 0 saturated heterocycles. The molecule has 1 amide bonds. The van der Waals surface area contributed by atoms with Crippen LogP contribution in [0, 0.1) is 0 Å². The Labute approximate surface area is 113 Å². The Bertz CT molecular complexity index is 781. The van der Waals surface area contributed by atoms with E-state index in [2.05, 4.69) is 20.5 Å². The van der Waals surface area contributed by atoms with Crippen molar-refractivity contribution < 1.29 is 9.21 Å². The Kier molecular flexibility index (Phi) is 2.86. The van der Waals surface area contributed by atoms with E-state index in [0.29, 0.717) is 5.76 Å². The second-order valence-electron chi connectivity index (χ2n) is 4.41. The number of rotatable bonds is 3. The van der Waals surface area contributed by atoms with E-state index in [0.717, 1.165) is 11.0 Å². The molecule has 3 N–H and O–H groups in total. The molecule has 7 heteroatoms. The van der Waals surface area contributed by atoms with Crippen molar-refractivity contribution in [1.29, 1.82) is 0 Å².